The minimum Gasteiger partial charge on any atom is -0.301 e. The summed E-state index contributed by atoms with van der Waals surface area (Å²) >= 11 is 0. The Hall–Kier alpha value is -0.340. The van der Waals surface area contributed by atoms with Gasteiger partial charge in [0.05, 0.1) is 0 Å². The third kappa shape index (κ3) is 2.92. The van der Waals surface area contributed by atoms with Gasteiger partial charge >= 0.3 is 0 Å². The highest BCUT2D eigenvalue weighted by Crippen LogP contribution is 2.24. The second-order valence-corrected chi connectivity index (χ2v) is 5.99. The van der Waals surface area contributed by atoms with Crippen LogP contribution in [0.25, 0.3) is 0 Å². The summed E-state index contributed by atoms with van der Waals surface area (Å²) in [5.74, 6) is 0. The Balaban J connectivity index is 1.49. The van der Waals surface area contributed by atoms with Gasteiger partial charge in [0.15, 0.2) is 0 Å². The highest BCUT2D eigenvalue weighted by molar-refractivity contribution is 5.07. The van der Waals surface area contributed by atoms with Gasteiger partial charge in [0.1, 0.15) is 0 Å². The fraction of sp³-hybridized carbons (Fsp3) is 0.867. The molecule has 0 radical (unpaired) electrons. The van der Waals surface area contributed by atoms with E-state index in [4.69, 9.17) is 0 Å². The van der Waals surface area contributed by atoms with Crippen LogP contribution in [0.4, 0.5) is 0 Å². The van der Waals surface area contributed by atoms with E-state index >= 15 is 0 Å². The SMILES string of the molecule is C1=C(CCN2CCCN3CCCC3C2)CCC1. The molecule has 1 unspecified atom stereocenters. The van der Waals surface area contributed by atoms with Crippen molar-refractivity contribution in [2.75, 3.05) is 32.7 Å². The van der Waals surface area contributed by atoms with Crippen molar-refractivity contribution in [1.82, 2.24) is 9.80 Å². The predicted molar refractivity (Wildman–Crippen MR) is 72.2 cm³/mol. The molecule has 2 saturated heterocycles. The first kappa shape index (κ1) is 11.7. The summed E-state index contributed by atoms with van der Waals surface area (Å²) in [5.41, 5.74) is 1.73. The third-order valence-corrected chi connectivity index (χ3v) is 4.77. The lowest BCUT2D eigenvalue weighted by Gasteiger charge is -2.25. The molecular formula is C15H26N2. The molecule has 0 N–H and O–H groups in total. The quantitative estimate of drug-likeness (QED) is 0.693. The van der Waals surface area contributed by atoms with Crippen molar-refractivity contribution in [3.8, 4) is 0 Å². The first-order valence-electron chi connectivity index (χ1n) is 7.56. The van der Waals surface area contributed by atoms with E-state index in [1.54, 1.807) is 5.57 Å². The fourth-order valence-electron chi connectivity index (χ4n) is 3.75. The monoisotopic (exact) mass is 234 g/mol. The number of nitrogens with zero attached hydrogens (tertiary/aromatic N) is 2. The number of hydrogen-bond donors (Lipinski definition) is 0. The van der Waals surface area contributed by atoms with Gasteiger partial charge in [-0.2, -0.15) is 0 Å². The Bertz CT molecular complexity index is 285. The fourth-order valence-corrected chi connectivity index (χ4v) is 3.75. The van der Waals surface area contributed by atoms with Crippen LogP contribution in [0.3, 0.4) is 0 Å². The molecule has 0 aromatic rings. The molecule has 2 heterocycles. The molecule has 0 saturated carbocycles. The van der Waals surface area contributed by atoms with E-state index in [0.29, 0.717) is 0 Å². The molecule has 0 aromatic carbocycles. The maximum Gasteiger partial charge on any atom is 0.0223 e. The van der Waals surface area contributed by atoms with E-state index in [1.165, 1.54) is 77.7 Å². The highest BCUT2D eigenvalue weighted by Gasteiger charge is 2.28. The predicted octanol–water partition coefficient (Wildman–Crippen LogP) is 2.66. The molecule has 3 aliphatic rings. The summed E-state index contributed by atoms with van der Waals surface area (Å²) in [5, 5.41) is 0. The van der Waals surface area contributed by atoms with Crippen LogP contribution in [-0.4, -0.2) is 48.6 Å². The summed E-state index contributed by atoms with van der Waals surface area (Å²) < 4.78 is 0. The van der Waals surface area contributed by atoms with Crippen molar-refractivity contribution in [3.63, 3.8) is 0 Å². The first-order chi connectivity index (χ1) is 8.42. The van der Waals surface area contributed by atoms with E-state index < -0.39 is 0 Å². The van der Waals surface area contributed by atoms with Gasteiger partial charge in [-0.15, -0.1) is 0 Å². The molecular weight excluding hydrogens is 208 g/mol. The van der Waals surface area contributed by atoms with Crippen LogP contribution in [0.15, 0.2) is 11.6 Å². The summed E-state index contributed by atoms with van der Waals surface area (Å²) in [6, 6.07) is 0.884. The van der Waals surface area contributed by atoms with Crippen LogP contribution in [0.5, 0.6) is 0 Å². The molecule has 0 amide bonds. The minimum atomic E-state index is 0.884. The maximum absolute atomic E-state index is 2.73. The second-order valence-electron chi connectivity index (χ2n) is 5.99. The van der Waals surface area contributed by atoms with Crippen LogP contribution in [0, 0.1) is 0 Å². The van der Waals surface area contributed by atoms with Crippen molar-refractivity contribution in [2.45, 2.75) is 51.0 Å². The number of hydrogen-bond acceptors (Lipinski definition) is 2. The van der Waals surface area contributed by atoms with Crippen molar-refractivity contribution < 1.29 is 0 Å². The van der Waals surface area contributed by atoms with Gasteiger partial charge in [-0.1, -0.05) is 11.6 Å². The molecule has 3 rings (SSSR count). The van der Waals surface area contributed by atoms with Gasteiger partial charge in [-0.25, -0.2) is 0 Å². The smallest absolute Gasteiger partial charge is 0.0223 e. The highest BCUT2D eigenvalue weighted by atomic mass is 15.3. The van der Waals surface area contributed by atoms with E-state index in [-0.39, 0.29) is 0 Å². The Morgan fingerprint density at radius 2 is 2.06 bits per heavy atom. The van der Waals surface area contributed by atoms with Crippen LogP contribution >= 0.6 is 0 Å². The molecule has 0 bridgehead atoms. The van der Waals surface area contributed by atoms with Crippen molar-refractivity contribution in [2.24, 2.45) is 0 Å². The molecule has 1 aliphatic carbocycles. The zero-order valence-corrected chi connectivity index (χ0v) is 11.0. The van der Waals surface area contributed by atoms with E-state index in [0.717, 1.165) is 6.04 Å². The largest absolute Gasteiger partial charge is 0.301 e. The topological polar surface area (TPSA) is 6.48 Å². The Labute approximate surface area is 106 Å². The molecule has 0 spiro atoms. The van der Waals surface area contributed by atoms with E-state index in [9.17, 15) is 0 Å². The average molecular weight is 234 g/mol. The number of fused-ring (bicyclic) bond motifs is 1. The van der Waals surface area contributed by atoms with E-state index in [2.05, 4.69) is 15.9 Å². The molecule has 2 aliphatic heterocycles. The van der Waals surface area contributed by atoms with Crippen molar-refractivity contribution in [3.05, 3.63) is 11.6 Å². The molecule has 2 fully saturated rings. The Morgan fingerprint density at radius 1 is 1.12 bits per heavy atom. The zero-order chi connectivity index (χ0) is 11.5. The van der Waals surface area contributed by atoms with Gasteiger partial charge < -0.3 is 4.90 Å². The van der Waals surface area contributed by atoms with Crippen LogP contribution in [0.2, 0.25) is 0 Å². The van der Waals surface area contributed by atoms with Crippen molar-refractivity contribution in [1.29, 1.82) is 0 Å². The van der Waals surface area contributed by atoms with Gasteiger partial charge in [0.2, 0.25) is 0 Å². The zero-order valence-electron chi connectivity index (χ0n) is 11.0. The summed E-state index contributed by atoms with van der Waals surface area (Å²) in [6.45, 7) is 6.71. The minimum absolute atomic E-state index is 0.884. The average Bonchev–Trinajstić information content (AvgIpc) is 2.95. The molecule has 96 valence electrons. The second kappa shape index (κ2) is 5.53. The lowest BCUT2D eigenvalue weighted by Crippen LogP contribution is -2.37. The maximum atomic E-state index is 2.73. The van der Waals surface area contributed by atoms with E-state index in [1.807, 2.05) is 0 Å². The van der Waals surface area contributed by atoms with Gasteiger partial charge in [-0.3, -0.25) is 4.90 Å². The van der Waals surface area contributed by atoms with Gasteiger partial charge in [-0.05, 0) is 64.6 Å². The van der Waals surface area contributed by atoms with Crippen LogP contribution in [0.1, 0.15) is 44.9 Å². The molecule has 17 heavy (non-hydrogen) atoms. The third-order valence-electron chi connectivity index (χ3n) is 4.77. The first-order valence-corrected chi connectivity index (χ1v) is 7.56. The van der Waals surface area contributed by atoms with Gasteiger partial charge in [0, 0.05) is 19.1 Å². The van der Waals surface area contributed by atoms with Crippen LogP contribution in [-0.2, 0) is 0 Å². The van der Waals surface area contributed by atoms with Gasteiger partial charge in [0.25, 0.3) is 0 Å². The normalized spacial score (nSPS) is 31.3. The lowest BCUT2D eigenvalue weighted by molar-refractivity contribution is 0.221. The summed E-state index contributed by atoms with van der Waals surface area (Å²) in [6.07, 6.45) is 12.2. The number of rotatable bonds is 3. The lowest BCUT2D eigenvalue weighted by atomic mass is 10.1. The molecule has 2 heteroatoms. The van der Waals surface area contributed by atoms with Crippen molar-refractivity contribution >= 4 is 0 Å². The number of allylic oxidation sites excluding steroid dienone is 1. The molecule has 0 aromatic heterocycles. The van der Waals surface area contributed by atoms with Crippen LogP contribution < -0.4 is 0 Å². The Morgan fingerprint density at radius 3 is 2.94 bits per heavy atom. The molecule has 2 nitrogen and oxygen atoms in total. The Kier molecular flexibility index (Phi) is 3.82. The summed E-state index contributed by atoms with van der Waals surface area (Å²) in [7, 11) is 0. The standard InChI is InChI=1S/C15H26N2/c1-2-6-14(5-1)8-12-16-9-4-11-17-10-3-7-15(17)13-16/h5,15H,1-4,6-13H2. The molecule has 1 atom stereocenters. The summed E-state index contributed by atoms with van der Waals surface area (Å²) in [4.78, 5) is 5.46.